The quantitative estimate of drug-likeness (QED) is 0.597. The average molecular weight is 168 g/mol. The first-order chi connectivity index (χ1) is 5.27. The van der Waals surface area contributed by atoms with Gasteiger partial charge in [-0.1, -0.05) is 11.6 Å². The van der Waals surface area contributed by atoms with Crippen LogP contribution in [0.25, 0.3) is 11.0 Å². The van der Waals surface area contributed by atoms with Gasteiger partial charge in [-0.25, -0.2) is 0 Å². The van der Waals surface area contributed by atoms with Gasteiger partial charge in [-0.2, -0.15) is 0 Å². The lowest BCUT2D eigenvalue weighted by molar-refractivity contribution is 0.918. The van der Waals surface area contributed by atoms with Crippen LogP contribution in [0.3, 0.4) is 0 Å². The van der Waals surface area contributed by atoms with E-state index in [-0.39, 0.29) is 0 Å². The normalized spacial score (nSPS) is 10.7. The fraction of sp³-hybridized carbons (Fsp3) is 0.143. The summed E-state index contributed by atoms with van der Waals surface area (Å²) in [4.78, 5) is 0. The largest absolute Gasteiger partial charge is 0.334 e. The molecule has 2 heterocycles. The highest BCUT2D eigenvalue weighted by Gasteiger charge is 1.99. The molecule has 0 radical (unpaired) electrons. The fourth-order valence-corrected chi connectivity index (χ4v) is 1.19. The molecule has 56 valence electrons. The lowest BCUT2D eigenvalue weighted by atomic mass is 10.4. The Bertz CT molecular complexity index is 393. The lowest BCUT2D eigenvalue weighted by Gasteiger charge is -1.92. The van der Waals surface area contributed by atoms with E-state index >= 15 is 0 Å². The number of hydrogen-bond acceptors (Lipinski definition) is 2. The number of hydrogen-bond donors (Lipinski definition) is 0. The summed E-state index contributed by atoms with van der Waals surface area (Å²) in [7, 11) is 1.92. The Morgan fingerprint density at radius 2 is 2.27 bits per heavy atom. The Kier molecular flexibility index (Phi) is 1.32. The lowest BCUT2D eigenvalue weighted by Crippen LogP contribution is -1.89. The van der Waals surface area contributed by atoms with Crippen molar-refractivity contribution in [3.05, 3.63) is 23.5 Å². The average Bonchev–Trinajstić information content (AvgIpc) is 2.32. The maximum Gasteiger partial charge on any atom is 0.162 e. The van der Waals surface area contributed by atoms with Crippen LogP contribution in [-0.2, 0) is 7.05 Å². The summed E-state index contributed by atoms with van der Waals surface area (Å²) in [5.74, 6) is 0. The molecule has 0 amide bonds. The number of halogens is 1. The number of aryl methyl sites for hydroxylation is 1. The maximum atomic E-state index is 5.65. The molecule has 0 fully saturated rings. The van der Waals surface area contributed by atoms with E-state index < -0.39 is 0 Å². The first kappa shape index (κ1) is 6.61. The van der Waals surface area contributed by atoms with Crippen molar-refractivity contribution in [1.29, 1.82) is 0 Å². The van der Waals surface area contributed by atoms with E-state index in [2.05, 4.69) is 10.2 Å². The van der Waals surface area contributed by atoms with Crippen LogP contribution in [0.5, 0.6) is 0 Å². The van der Waals surface area contributed by atoms with Gasteiger partial charge in [0, 0.05) is 18.6 Å². The van der Waals surface area contributed by atoms with E-state index in [4.69, 9.17) is 11.6 Å². The van der Waals surface area contributed by atoms with Crippen LogP contribution in [0.1, 0.15) is 0 Å². The minimum Gasteiger partial charge on any atom is -0.334 e. The van der Waals surface area contributed by atoms with Crippen molar-refractivity contribution in [3.8, 4) is 0 Å². The summed E-state index contributed by atoms with van der Waals surface area (Å²) in [5, 5.41) is 9.11. The van der Waals surface area contributed by atoms with Gasteiger partial charge in [0.2, 0.25) is 0 Å². The van der Waals surface area contributed by atoms with Crippen LogP contribution in [0, 0.1) is 0 Å². The molecule has 0 saturated heterocycles. The predicted molar refractivity (Wildman–Crippen MR) is 43.5 cm³/mol. The third-order valence-corrected chi connectivity index (χ3v) is 1.77. The Labute approximate surface area is 68.6 Å². The van der Waals surface area contributed by atoms with Crippen molar-refractivity contribution in [2.45, 2.75) is 0 Å². The van der Waals surface area contributed by atoms with Gasteiger partial charge in [-0.05, 0) is 12.1 Å². The molecule has 2 aromatic rings. The Morgan fingerprint density at radius 3 is 3.09 bits per heavy atom. The molecule has 2 rings (SSSR count). The zero-order chi connectivity index (χ0) is 7.84. The van der Waals surface area contributed by atoms with Crippen LogP contribution in [0.4, 0.5) is 0 Å². The zero-order valence-corrected chi connectivity index (χ0v) is 6.71. The smallest absolute Gasteiger partial charge is 0.162 e. The third-order valence-electron chi connectivity index (χ3n) is 1.58. The molecule has 0 N–H and O–H groups in total. The van der Waals surface area contributed by atoms with Gasteiger partial charge in [-0.3, -0.25) is 0 Å². The molecule has 0 aliphatic heterocycles. The topological polar surface area (TPSA) is 30.7 Å². The van der Waals surface area contributed by atoms with Gasteiger partial charge in [0.05, 0.1) is 0 Å². The molecule has 0 atom stereocenters. The van der Waals surface area contributed by atoms with Crippen LogP contribution in [-0.4, -0.2) is 14.8 Å². The summed E-state index contributed by atoms with van der Waals surface area (Å²) in [6, 6.07) is 3.75. The van der Waals surface area contributed by atoms with Crippen molar-refractivity contribution in [2.24, 2.45) is 7.05 Å². The second-order valence-corrected chi connectivity index (χ2v) is 2.76. The molecular weight excluding hydrogens is 162 g/mol. The highest BCUT2D eigenvalue weighted by molar-refractivity contribution is 6.29. The maximum absolute atomic E-state index is 5.65. The van der Waals surface area contributed by atoms with Gasteiger partial charge in [-0.15, -0.1) is 10.2 Å². The molecule has 0 aromatic carbocycles. The molecule has 0 spiro atoms. The van der Waals surface area contributed by atoms with Gasteiger partial charge in [0.25, 0.3) is 0 Å². The van der Waals surface area contributed by atoms with Gasteiger partial charge in [0.1, 0.15) is 0 Å². The van der Waals surface area contributed by atoms with Crippen molar-refractivity contribution in [1.82, 2.24) is 14.8 Å². The molecule has 11 heavy (non-hydrogen) atoms. The Morgan fingerprint density at radius 1 is 1.45 bits per heavy atom. The number of aromatic nitrogens is 3. The van der Waals surface area contributed by atoms with E-state index in [0.717, 1.165) is 11.0 Å². The summed E-state index contributed by atoms with van der Waals surface area (Å²) < 4.78 is 1.90. The summed E-state index contributed by atoms with van der Waals surface area (Å²) in [6.07, 6.45) is 1.93. The number of fused-ring (bicyclic) bond motifs is 1. The molecule has 0 bridgehead atoms. The summed E-state index contributed by atoms with van der Waals surface area (Å²) >= 11 is 5.65. The SMILES string of the molecule is Cn1ccc2cc(Cl)nnc21. The van der Waals surface area contributed by atoms with Crippen LogP contribution in [0.15, 0.2) is 18.3 Å². The molecular formula is C7H6ClN3. The number of rotatable bonds is 0. The van der Waals surface area contributed by atoms with Crippen LogP contribution >= 0.6 is 11.6 Å². The highest BCUT2D eigenvalue weighted by atomic mass is 35.5. The molecule has 0 aliphatic carbocycles. The Hall–Kier alpha value is -1.09. The molecule has 0 saturated carbocycles. The highest BCUT2D eigenvalue weighted by Crippen LogP contribution is 2.13. The minimum atomic E-state index is 0.434. The first-order valence-electron chi connectivity index (χ1n) is 3.21. The van der Waals surface area contributed by atoms with E-state index in [9.17, 15) is 0 Å². The van der Waals surface area contributed by atoms with E-state index in [1.807, 2.05) is 23.9 Å². The number of nitrogens with zero attached hydrogens (tertiary/aromatic N) is 3. The third kappa shape index (κ3) is 0.973. The van der Waals surface area contributed by atoms with Crippen molar-refractivity contribution < 1.29 is 0 Å². The fourth-order valence-electron chi connectivity index (χ4n) is 1.03. The summed E-state index contributed by atoms with van der Waals surface area (Å²) in [6.45, 7) is 0. The van der Waals surface area contributed by atoms with Gasteiger partial charge in [0.15, 0.2) is 10.8 Å². The monoisotopic (exact) mass is 167 g/mol. The summed E-state index contributed by atoms with van der Waals surface area (Å²) in [5.41, 5.74) is 0.856. The second-order valence-electron chi connectivity index (χ2n) is 2.37. The molecule has 0 unspecified atom stereocenters. The first-order valence-corrected chi connectivity index (χ1v) is 3.59. The molecule has 4 heteroatoms. The van der Waals surface area contributed by atoms with E-state index in [0.29, 0.717) is 5.15 Å². The zero-order valence-electron chi connectivity index (χ0n) is 5.95. The van der Waals surface area contributed by atoms with Crippen molar-refractivity contribution in [3.63, 3.8) is 0 Å². The van der Waals surface area contributed by atoms with Crippen LogP contribution < -0.4 is 0 Å². The molecule has 3 nitrogen and oxygen atoms in total. The second kappa shape index (κ2) is 2.20. The standard InChI is InChI=1S/C7H6ClN3/c1-11-3-2-5-4-6(8)9-10-7(5)11/h2-4H,1H3. The minimum absolute atomic E-state index is 0.434. The van der Waals surface area contributed by atoms with Gasteiger partial charge < -0.3 is 4.57 Å². The van der Waals surface area contributed by atoms with Crippen LogP contribution in [0.2, 0.25) is 5.15 Å². The van der Waals surface area contributed by atoms with E-state index in [1.54, 1.807) is 6.07 Å². The van der Waals surface area contributed by atoms with Crippen molar-refractivity contribution in [2.75, 3.05) is 0 Å². The van der Waals surface area contributed by atoms with Crippen molar-refractivity contribution >= 4 is 22.6 Å². The Balaban J connectivity index is 2.86. The molecule has 2 aromatic heterocycles. The van der Waals surface area contributed by atoms with Gasteiger partial charge >= 0.3 is 0 Å². The molecule has 0 aliphatic rings. The predicted octanol–water partition coefficient (Wildman–Crippen LogP) is 1.62. The van der Waals surface area contributed by atoms with E-state index in [1.165, 1.54) is 0 Å².